The second kappa shape index (κ2) is 5.19. The smallest absolute Gasteiger partial charge is 0.325 e. The highest BCUT2D eigenvalue weighted by Gasteiger charge is 2.54. The van der Waals surface area contributed by atoms with E-state index < -0.39 is 11.5 Å². The van der Waals surface area contributed by atoms with Crippen LogP contribution in [0.5, 0.6) is 0 Å². The van der Waals surface area contributed by atoms with E-state index in [2.05, 4.69) is 10.1 Å². The van der Waals surface area contributed by atoms with Crippen LogP contribution in [0.15, 0.2) is 0 Å². The fraction of sp³-hybridized carbons (Fsp3) is 0.769. The monoisotopic (exact) mass is 268 g/mol. The molecular formula is C13H20N2O4. The van der Waals surface area contributed by atoms with Gasteiger partial charge in [0.2, 0.25) is 0 Å². The lowest BCUT2D eigenvalue weighted by molar-refractivity contribution is -0.141. The summed E-state index contributed by atoms with van der Waals surface area (Å²) in [5.74, 6) is -0.465. The minimum atomic E-state index is -0.745. The van der Waals surface area contributed by atoms with Crippen molar-refractivity contribution in [3.63, 3.8) is 0 Å². The second-order valence-corrected chi connectivity index (χ2v) is 5.33. The van der Waals surface area contributed by atoms with E-state index in [0.29, 0.717) is 6.42 Å². The van der Waals surface area contributed by atoms with Gasteiger partial charge in [0.05, 0.1) is 13.5 Å². The fourth-order valence-corrected chi connectivity index (χ4v) is 3.00. The number of hydrogen-bond acceptors (Lipinski definition) is 4. The van der Waals surface area contributed by atoms with E-state index in [-0.39, 0.29) is 30.8 Å². The van der Waals surface area contributed by atoms with Crippen molar-refractivity contribution in [3.8, 4) is 0 Å². The van der Waals surface area contributed by atoms with Gasteiger partial charge in [-0.05, 0) is 18.8 Å². The van der Waals surface area contributed by atoms with E-state index in [9.17, 15) is 14.4 Å². The van der Waals surface area contributed by atoms with Crippen LogP contribution in [0, 0.1) is 5.92 Å². The first kappa shape index (κ1) is 13.8. The molecule has 0 bridgehead atoms. The van der Waals surface area contributed by atoms with Gasteiger partial charge in [0.1, 0.15) is 5.54 Å². The summed E-state index contributed by atoms with van der Waals surface area (Å²) < 4.78 is 4.53. The molecule has 1 heterocycles. The third kappa shape index (κ3) is 2.31. The number of carbonyl (C=O) groups is 3. The van der Waals surface area contributed by atoms with Crippen molar-refractivity contribution in [3.05, 3.63) is 0 Å². The molecule has 0 radical (unpaired) electrons. The number of rotatable bonds is 3. The maximum Gasteiger partial charge on any atom is 0.325 e. The Morgan fingerprint density at radius 2 is 2.21 bits per heavy atom. The van der Waals surface area contributed by atoms with Crippen LogP contribution >= 0.6 is 0 Å². The quantitative estimate of drug-likeness (QED) is 0.613. The van der Waals surface area contributed by atoms with Gasteiger partial charge in [-0.2, -0.15) is 0 Å². The van der Waals surface area contributed by atoms with Crippen LogP contribution in [-0.2, 0) is 14.3 Å². The molecule has 6 heteroatoms. The molecule has 0 aromatic rings. The third-order valence-electron chi connectivity index (χ3n) is 4.27. The second-order valence-electron chi connectivity index (χ2n) is 5.33. The van der Waals surface area contributed by atoms with Crippen molar-refractivity contribution in [1.82, 2.24) is 10.2 Å². The van der Waals surface area contributed by atoms with Crippen molar-refractivity contribution in [2.75, 3.05) is 13.7 Å². The summed E-state index contributed by atoms with van der Waals surface area (Å²) >= 11 is 0. The van der Waals surface area contributed by atoms with Crippen molar-refractivity contribution < 1.29 is 19.1 Å². The Bertz CT molecular complexity index is 409. The maximum atomic E-state index is 12.5. The van der Waals surface area contributed by atoms with E-state index >= 15 is 0 Å². The van der Waals surface area contributed by atoms with Gasteiger partial charge in [0.15, 0.2) is 0 Å². The van der Waals surface area contributed by atoms with Gasteiger partial charge in [0, 0.05) is 6.54 Å². The highest BCUT2D eigenvalue weighted by Crippen LogP contribution is 2.38. The Kier molecular flexibility index (Phi) is 3.78. The Balaban J connectivity index is 2.09. The van der Waals surface area contributed by atoms with Crippen molar-refractivity contribution in [2.45, 2.75) is 44.6 Å². The van der Waals surface area contributed by atoms with Crippen LogP contribution < -0.4 is 5.32 Å². The van der Waals surface area contributed by atoms with E-state index in [1.54, 1.807) is 0 Å². The lowest BCUT2D eigenvalue weighted by atomic mass is 9.73. The van der Waals surface area contributed by atoms with Gasteiger partial charge in [-0.25, -0.2) is 4.79 Å². The summed E-state index contributed by atoms with van der Waals surface area (Å²) in [6.45, 7) is 2.09. The molecule has 1 saturated heterocycles. The molecule has 3 amide bonds. The molecule has 2 aliphatic rings. The normalized spacial score (nSPS) is 30.6. The molecule has 19 heavy (non-hydrogen) atoms. The molecular weight excluding hydrogens is 248 g/mol. The molecule has 0 aromatic carbocycles. The van der Waals surface area contributed by atoms with Gasteiger partial charge in [-0.3, -0.25) is 14.5 Å². The minimum Gasteiger partial charge on any atom is -0.469 e. The zero-order valence-corrected chi connectivity index (χ0v) is 11.4. The molecule has 1 aliphatic carbocycles. The summed E-state index contributed by atoms with van der Waals surface area (Å²) in [5, 5.41) is 2.85. The van der Waals surface area contributed by atoms with Gasteiger partial charge in [-0.1, -0.05) is 19.8 Å². The van der Waals surface area contributed by atoms with Crippen molar-refractivity contribution in [1.29, 1.82) is 0 Å². The van der Waals surface area contributed by atoms with Crippen LogP contribution in [0.25, 0.3) is 0 Å². The highest BCUT2D eigenvalue weighted by atomic mass is 16.5. The Morgan fingerprint density at radius 1 is 1.47 bits per heavy atom. The number of esters is 1. The molecule has 1 spiro atoms. The van der Waals surface area contributed by atoms with Crippen molar-refractivity contribution in [2.24, 2.45) is 5.92 Å². The van der Waals surface area contributed by atoms with E-state index in [1.165, 1.54) is 7.11 Å². The largest absolute Gasteiger partial charge is 0.469 e. The van der Waals surface area contributed by atoms with Crippen LogP contribution in [0.4, 0.5) is 4.79 Å². The summed E-state index contributed by atoms with van der Waals surface area (Å²) in [6, 6.07) is -0.386. The van der Waals surface area contributed by atoms with E-state index in [0.717, 1.165) is 24.2 Å². The summed E-state index contributed by atoms with van der Waals surface area (Å²) in [4.78, 5) is 36.7. The molecule has 1 N–H and O–H groups in total. The zero-order chi connectivity index (χ0) is 14.0. The Hall–Kier alpha value is -1.59. The van der Waals surface area contributed by atoms with Gasteiger partial charge < -0.3 is 10.1 Å². The average molecular weight is 268 g/mol. The number of amides is 3. The number of nitrogens with zero attached hydrogens (tertiary/aromatic N) is 1. The maximum absolute atomic E-state index is 12.5. The minimum absolute atomic E-state index is 0.0418. The predicted molar refractivity (Wildman–Crippen MR) is 67.2 cm³/mol. The first-order chi connectivity index (χ1) is 9.01. The fourth-order valence-electron chi connectivity index (χ4n) is 3.00. The summed E-state index contributed by atoms with van der Waals surface area (Å²) in [5.41, 5.74) is -0.745. The molecule has 1 aliphatic heterocycles. The number of ether oxygens (including phenoxy) is 1. The highest BCUT2D eigenvalue weighted by molar-refractivity contribution is 6.07. The standard InChI is InChI=1S/C13H20N2O4/c1-9-5-3-4-7-13(9)11(17)15(12(18)14-13)8-6-10(16)19-2/h9H,3-8H2,1-2H3,(H,14,18)/t9-,13-/m1/s1. The molecule has 1 saturated carbocycles. The van der Waals surface area contributed by atoms with Crippen molar-refractivity contribution >= 4 is 17.9 Å². The number of methoxy groups -OCH3 is 1. The Labute approximate surface area is 112 Å². The van der Waals surface area contributed by atoms with Gasteiger partial charge >= 0.3 is 12.0 Å². The Morgan fingerprint density at radius 3 is 2.84 bits per heavy atom. The topological polar surface area (TPSA) is 75.7 Å². The van der Waals surface area contributed by atoms with Crippen LogP contribution in [0.2, 0.25) is 0 Å². The molecule has 0 unspecified atom stereocenters. The predicted octanol–water partition coefficient (Wildman–Crippen LogP) is 1.05. The number of nitrogens with one attached hydrogen (secondary N) is 1. The molecule has 106 valence electrons. The van der Waals surface area contributed by atoms with Gasteiger partial charge in [0.25, 0.3) is 5.91 Å². The lowest BCUT2D eigenvalue weighted by Gasteiger charge is -2.36. The lowest BCUT2D eigenvalue weighted by Crippen LogP contribution is -2.53. The van der Waals surface area contributed by atoms with E-state index in [4.69, 9.17) is 0 Å². The molecule has 0 aromatic heterocycles. The molecule has 2 rings (SSSR count). The first-order valence-electron chi connectivity index (χ1n) is 6.72. The number of urea groups is 1. The number of hydrogen-bond donors (Lipinski definition) is 1. The summed E-state index contributed by atoms with van der Waals surface area (Å²) in [7, 11) is 1.29. The average Bonchev–Trinajstić information content (AvgIpc) is 2.63. The number of carbonyl (C=O) groups excluding carboxylic acids is 3. The number of imide groups is 1. The first-order valence-corrected chi connectivity index (χ1v) is 6.72. The van der Waals surface area contributed by atoms with Crippen LogP contribution in [0.3, 0.4) is 0 Å². The molecule has 2 atom stereocenters. The molecule has 2 fully saturated rings. The van der Waals surface area contributed by atoms with Gasteiger partial charge in [-0.15, -0.1) is 0 Å². The van der Waals surface area contributed by atoms with E-state index in [1.807, 2.05) is 6.92 Å². The summed E-state index contributed by atoms with van der Waals surface area (Å²) in [6.07, 6.45) is 3.71. The zero-order valence-electron chi connectivity index (χ0n) is 11.4. The molecule has 6 nitrogen and oxygen atoms in total. The third-order valence-corrected chi connectivity index (χ3v) is 4.27. The van der Waals surface area contributed by atoms with Crippen LogP contribution in [-0.4, -0.2) is 42.0 Å². The SMILES string of the molecule is COC(=O)CCN1C(=O)N[C@@]2(CCCC[C@H]2C)C1=O. The van der Waals surface area contributed by atoms with Crippen LogP contribution in [0.1, 0.15) is 39.0 Å².